The molecule has 1 atom stereocenters. The molecule has 0 saturated carbocycles. The average molecular weight is 225 g/mol. The zero-order chi connectivity index (χ0) is 11.4. The lowest BCUT2D eigenvalue weighted by Gasteiger charge is -2.31. The fourth-order valence-corrected chi connectivity index (χ4v) is 2.31. The van der Waals surface area contributed by atoms with Gasteiger partial charge in [-0.05, 0) is 38.6 Å². The van der Waals surface area contributed by atoms with Crippen molar-refractivity contribution in [3.05, 3.63) is 11.7 Å². The van der Waals surface area contributed by atoms with Gasteiger partial charge in [-0.15, -0.1) is 0 Å². The molecule has 1 N–H and O–H groups in total. The first-order chi connectivity index (χ1) is 7.78. The molecule has 0 spiro atoms. The van der Waals surface area contributed by atoms with Gasteiger partial charge >= 0.3 is 0 Å². The van der Waals surface area contributed by atoms with Gasteiger partial charge in [-0.3, -0.25) is 4.90 Å². The van der Waals surface area contributed by atoms with Gasteiger partial charge in [-0.1, -0.05) is 5.16 Å². The number of aromatic nitrogens is 2. The molecule has 16 heavy (non-hydrogen) atoms. The van der Waals surface area contributed by atoms with Crippen molar-refractivity contribution in [1.82, 2.24) is 15.0 Å². The van der Waals surface area contributed by atoms with Crippen LogP contribution in [-0.2, 0) is 6.54 Å². The maximum absolute atomic E-state index is 8.94. The second-order valence-electron chi connectivity index (χ2n) is 4.49. The van der Waals surface area contributed by atoms with Crippen LogP contribution < -0.4 is 0 Å². The second-order valence-corrected chi connectivity index (χ2v) is 4.49. The molecule has 0 aromatic carbocycles. The molecule has 90 valence electrons. The van der Waals surface area contributed by atoms with Gasteiger partial charge in [0, 0.05) is 13.2 Å². The smallest absolute Gasteiger partial charge is 0.240 e. The summed E-state index contributed by atoms with van der Waals surface area (Å²) in [5.41, 5.74) is 0. The lowest BCUT2D eigenvalue weighted by Crippen LogP contribution is -2.35. The van der Waals surface area contributed by atoms with E-state index in [0.29, 0.717) is 17.6 Å². The van der Waals surface area contributed by atoms with Gasteiger partial charge in [0.2, 0.25) is 5.89 Å². The zero-order valence-corrected chi connectivity index (χ0v) is 9.72. The molecule has 1 aliphatic rings. The van der Waals surface area contributed by atoms with Crippen molar-refractivity contribution in [3.63, 3.8) is 0 Å². The number of rotatable bonds is 4. The molecule has 1 saturated heterocycles. The lowest BCUT2D eigenvalue weighted by atomic mass is 9.95. The van der Waals surface area contributed by atoms with Crippen molar-refractivity contribution in [3.8, 4) is 0 Å². The predicted octanol–water partition coefficient (Wildman–Crippen LogP) is 0.972. The second kappa shape index (κ2) is 5.41. The van der Waals surface area contributed by atoms with Crippen LogP contribution in [0.25, 0.3) is 0 Å². The van der Waals surface area contributed by atoms with E-state index in [1.54, 1.807) is 0 Å². The van der Waals surface area contributed by atoms with Gasteiger partial charge in [0.05, 0.1) is 6.54 Å². The van der Waals surface area contributed by atoms with Crippen LogP contribution in [0.2, 0.25) is 0 Å². The summed E-state index contributed by atoms with van der Waals surface area (Å²) < 4.78 is 5.11. The Morgan fingerprint density at radius 2 is 2.44 bits per heavy atom. The quantitative estimate of drug-likeness (QED) is 0.827. The van der Waals surface area contributed by atoms with E-state index in [4.69, 9.17) is 9.63 Å². The highest BCUT2D eigenvalue weighted by Crippen LogP contribution is 2.20. The molecule has 1 aliphatic heterocycles. The summed E-state index contributed by atoms with van der Waals surface area (Å²) in [6.45, 7) is 4.98. The van der Waals surface area contributed by atoms with E-state index in [0.717, 1.165) is 26.1 Å². The Balaban J connectivity index is 1.85. The van der Waals surface area contributed by atoms with Crippen molar-refractivity contribution in [2.45, 2.75) is 32.7 Å². The van der Waals surface area contributed by atoms with Crippen molar-refractivity contribution >= 4 is 0 Å². The van der Waals surface area contributed by atoms with E-state index in [-0.39, 0.29) is 6.61 Å². The van der Waals surface area contributed by atoms with Crippen molar-refractivity contribution in [1.29, 1.82) is 0 Å². The monoisotopic (exact) mass is 225 g/mol. The first-order valence-corrected chi connectivity index (χ1v) is 5.90. The molecule has 1 fully saturated rings. The molecule has 5 heteroatoms. The predicted molar refractivity (Wildman–Crippen MR) is 58.7 cm³/mol. The minimum atomic E-state index is 0.290. The third-order valence-electron chi connectivity index (χ3n) is 3.07. The molecule has 0 bridgehead atoms. The number of hydrogen-bond donors (Lipinski definition) is 1. The van der Waals surface area contributed by atoms with Crippen LogP contribution >= 0.6 is 0 Å². The van der Waals surface area contributed by atoms with Crippen LogP contribution in [0.1, 0.15) is 31.0 Å². The molecular weight excluding hydrogens is 206 g/mol. The number of likely N-dealkylation sites (tertiary alicyclic amines) is 1. The fraction of sp³-hybridized carbons (Fsp3) is 0.818. The van der Waals surface area contributed by atoms with E-state index < -0.39 is 0 Å². The highest BCUT2D eigenvalue weighted by molar-refractivity contribution is 4.84. The molecule has 2 rings (SSSR count). The molecule has 5 nitrogen and oxygen atoms in total. The minimum absolute atomic E-state index is 0.290. The summed E-state index contributed by atoms with van der Waals surface area (Å²) in [7, 11) is 0. The normalized spacial score (nSPS) is 22.5. The third-order valence-corrected chi connectivity index (χ3v) is 3.07. The van der Waals surface area contributed by atoms with Crippen LogP contribution in [0.15, 0.2) is 4.52 Å². The summed E-state index contributed by atoms with van der Waals surface area (Å²) in [5, 5.41) is 12.7. The standard InChI is InChI=1S/C11H19N3O2/c1-9-12-11(16-13-9)8-14-5-2-3-10(7-14)4-6-15/h10,15H,2-8H2,1H3. The van der Waals surface area contributed by atoms with Gasteiger partial charge in [-0.25, -0.2) is 0 Å². The Hall–Kier alpha value is -0.940. The van der Waals surface area contributed by atoms with E-state index >= 15 is 0 Å². The number of aryl methyl sites for hydroxylation is 1. The van der Waals surface area contributed by atoms with Crippen LogP contribution in [0, 0.1) is 12.8 Å². The topological polar surface area (TPSA) is 62.4 Å². The van der Waals surface area contributed by atoms with Crippen LogP contribution in [0.5, 0.6) is 0 Å². The van der Waals surface area contributed by atoms with Crippen LogP contribution in [-0.4, -0.2) is 39.8 Å². The van der Waals surface area contributed by atoms with Crippen molar-refractivity contribution in [2.75, 3.05) is 19.7 Å². The number of nitrogens with zero attached hydrogens (tertiary/aromatic N) is 3. The largest absolute Gasteiger partial charge is 0.396 e. The molecule has 1 aromatic rings. The van der Waals surface area contributed by atoms with E-state index in [9.17, 15) is 0 Å². The minimum Gasteiger partial charge on any atom is -0.396 e. The molecule has 0 aliphatic carbocycles. The molecule has 1 aromatic heterocycles. The summed E-state index contributed by atoms with van der Waals surface area (Å²) in [6.07, 6.45) is 3.32. The number of piperidine rings is 1. The SMILES string of the molecule is Cc1noc(CN2CCCC(CCO)C2)n1. The first kappa shape index (κ1) is 11.5. The maximum Gasteiger partial charge on any atom is 0.240 e. The number of hydrogen-bond acceptors (Lipinski definition) is 5. The van der Waals surface area contributed by atoms with Gasteiger partial charge in [-0.2, -0.15) is 4.98 Å². The summed E-state index contributed by atoms with van der Waals surface area (Å²) in [6, 6.07) is 0. The molecule has 0 amide bonds. The van der Waals surface area contributed by atoms with E-state index in [2.05, 4.69) is 15.0 Å². The summed E-state index contributed by atoms with van der Waals surface area (Å²) >= 11 is 0. The van der Waals surface area contributed by atoms with Gasteiger partial charge in [0.15, 0.2) is 5.82 Å². The summed E-state index contributed by atoms with van der Waals surface area (Å²) in [5.74, 6) is 2.00. The van der Waals surface area contributed by atoms with Gasteiger partial charge < -0.3 is 9.63 Å². The first-order valence-electron chi connectivity index (χ1n) is 5.90. The third kappa shape index (κ3) is 3.02. The van der Waals surface area contributed by atoms with Gasteiger partial charge in [0.25, 0.3) is 0 Å². The highest BCUT2D eigenvalue weighted by atomic mass is 16.5. The van der Waals surface area contributed by atoms with E-state index in [1.165, 1.54) is 12.8 Å². The van der Waals surface area contributed by atoms with Crippen molar-refractivity contribution < 1.29 is 9.63 Å². The van der Waals surface area contributed by atoms with Crippen LogP contribution in [0.3, 0.4) is 0 Å². The van der Waals surface area contributed by atoms with E-state index in [1.807, 2.05) is 6.92 Å². The summed E-state index contributed by atoms with van der Waals surface area (Å²) in [4.78, 5) is 6.54. The highest BCUT2D eigenvalue weighted by Gasteiger charge is 2.20. The lowest BCUT2D eigenvalue weighted by molar-refractivity contribution is 0.130. The number of aliphatic hydroxyl groups is 1. The van der Waals surface area contributed by atoms with Gasteiger partial charge in [0.1, 0.15) is 0 Å². The Morgan fingerprint density at radius 1 is 1.56 bits per heavy atom. The maximum atomic E-state index is 8.94. The number of aliphatic hydroxyl groups excluding tert-OH is 1. The fourth-order valence-electron chi connectivity index (χ4n) is 2.31. The Kier molecular flexibility index (Phi) is 3.90. The Labute approximate surface area is 95.4 Å². The molecule has 2 heterocycles. The van der Waals surface area contributed by atoms with Crippen molar-refractivity contribution in [2.24, 2.45) is 5.92 Å². The molecule has 0 radical (unpaired) electrons. The molecule has 1 unspecified atom stereocenters. The zero-order valence-electron chi connectivity index (χ0n) is 9.72. The Morgan fingerprint density at radius 3 is 3.12 bits per heavy atom. The van der Waals surface area contributed by atoms with Crippen LogP contribution in [0.4, 0.5) is 0 Å². The molecular formula is C11H19N3O2. The average Bonchev–Trinajstić information content (AvgIpc) is 2.65. The Bertz CT molecular complexity index is 325.